The van der Waals surface area contributed by atoms with Crippen molar-refractivity contribution >= 4 is 16.9 Å². The van der Waals surface area contributed by atoms with Gasteiger partial charge in [-0.2, -0.15) is 0 Å². The van der Waals surface area contributed by atoms with E-state index in [0.29, 0.717) is 30.0 Å². The van der Waals surface area contributed by atoms with E-state index in [-0.39, 0.29) is 12.7 Å². The molecule has 0 saturated heterocycles. The Morgan fingerprint density at radius 3 is 2.91 bits per heavy atom. The Morgan fingerprint density at radius 1 is 1.09 bits per heavy atom. The fourth-order valence-electron chi connectivity index (χ4n) is 2.68. The number of para-hydroxylation sites is 1. The zero-order valence-electron chi connectivity index (χ0n) is 12.4. The highest BCUT2D eigenvalue weighted by molar-refractivity contribution is 5.95. The molecule has 1 amide bonds. The van der Waals surface area contributed by atoms with Crippen LogP contribution >= 0.6 is 0 Å². The van der Waals surface area contributed by atoms with Crippen LogP contribution in [0.3, 0.4) is 0 Å². The second-order valence-corrected chi connectivity index (χ2v) is 5.33. The van der Waals surface area contributed by atoms with Crippen LogP contribution in [-0.2, 0) is 6.42 Å². The number of rotatable bonds is 4. The number of amides is 1. The largest absolute Gasteiger partial charge is 0.464 e. The van der Waals surface area contributed by atoms with Gasteiger partial charge < -0.3 is 19.2 Å². The van der Waals surface area contributed by atoms with Crippen LogP contribution in [0.25, 0.3) is 11.0 Å². The van der Waals surface area contributed by atoms with Crippen LogP contribution in [-0.4, -0.2) is 19.2 Å². The molecular formula is C18H15NO4. The van der Waals surface area contributed by atoms with Gasteiger partial charge in [0.1, 0.15) is 5.58 Å². The van der Waals surface area contributed by atoms with Crippen molar-refractivity contribution in [2.45, 2.75) is 6.42 Å². The lowest BCUT2D eigenvalue weighted by Crippen LogP contribution is -2.25. The lowest BCUT2D eigenvalue weighted by Gasteiger charge is -2.05. The topological polar surface area (TPSA) is 60.7 Å². The molecule has 2 aromatic carbocycles. The second-order valence-electron chi connectivity index (χ2n) is 5.33. The Kier molecular flexibility index (Phi) is 3.38. The van der Waals surface area contributed by atoms with E-state index in [1.807, 2.05) is 24.3 Å². The zero-order valence-corrected chi connectivity index (χ0v) is 12.4. The van der Waals surface area contributed by atoms with Gasteiger partial charge >= 0.3 is 0 Å². The second kappa shape index (κ2) is 5.68. The first-order valence-electron chi connectivity index (χ1n) is 7.44. The monoisotopic (exact) mass is 309 g/mol. The van der Waals surface area contributed by atoms with Crippen molar-refractivity contribution in [3.8, 4) is 11.5 Å². The van der Waals surface area contributed by atoms with E-state index in [4.69, 9.17) is 13.9 Å². The highest BCUT2D eigenvalue weighted by Gasteiger charge is 2.16. The van der Waals surface area contributed by atoms with Crippen molar-refractivity contribution in [3.05, 3.63) is 59.9 Å². The average Bonchev–Trinajstić information content (AvgIpc) is 3.21. The number of carbonyl (C=O) groups excluding carboxylic acids is 1. The van der Waals surface area contributed by atoms with Crippen LogP contribution in [0.1, 0.15) is 15.9 Å². The Labute approximate surface area is 132 Å². The van der Waals surface area contributed by atoms with Gasteiger partial charge in [-0.05, 0) is 36.2 Å². The molecule has 0 atom stereocenters. The fourth-order valence-corrected chi connectivity index (χ4v) is 2.68. The van der Waals surface area contributed by atoms with E-state index in [9.17, 15) is 4.79 Å². The summed E-state index contributed by atoms with van der Waals surface area (Å²) in [7, 11) is 0. The lowest BCUT2D eigenvalue weighted by molar-refractivity contribution is 0.0953. The quantitative estimate of drug-likeness (QED) is 0.804. The molecule has 5 nitrogen and oxygen atoms in total. The summed E-state index contributed by atoms with van der Waals surface area (Å²) < 4.78 is 16.0. The van der Waals surface area contributed by atoms with Gasteiger partial charge in [0, 0.05) is 17.5 Å². The number of ether oxygens (including phenoxy) is 2. The van der Waals surface area contributed by atoms with Crippen LogP contribution in [0.5, 0.6) is 11.5 Å². The number of hydrogen-bond donors (Lipinski definition) is 1. The molecular weight excluding hydrogens is 294 g/mol. The number of carbonyl (C=O) groups is 1. The molecule has 0 unspecified atom stereocenters. The molecule has 5 heteroatoms. The van der Waals surface area contributed by atoms with Crippen molar-refractivity contribution in [1.82, 2.24) is 5.32 Å². The number of hydrogen-bond acceptors (Lipinski definition) is 4. The molecule has 0 radical (unpaired) electrons. The summed E-state index contributed by atoms with van der Waals surface area (Å²) in [6, 6.07) is 13.1. The number of fused-ring (bicyclic) bond motifs is 2. The average molecular weight is 309 g/mol. The van der Waals surface area contributed by atoms with Crippen LogP contribution in [0, 0.1) is 0 Å². The summed E-state index contributed by atoms with van der Waals surface area (Å²) in [5, 5.41) is 4.00. The Morgan fingerprint density at radius 2 is 1.96 bits per heavy atom. The van der Waals surface area contributed by atoms with Crippen molar-refractivity contribution in [2.75, 3.05) is 13.3 Å². The standard InChI is InChI=1S/C18H15NO4/c20-18(12-5-6-16-17(9-12)23-11-22-16)19-8-7-13-10-21-15-4-2-1-3-14(13)15/h1-6,9-10H,7-8,11H2,(H,19,20). The zero-order chi connectivity index (χ0) is 15.6. The maximum Gasteiger partial charge on any atom is 0.251 e. The molecule has 4 rings (SSSR count). The summed E-state index contributed by atoms with van der Waals surface area (Å²) in [5.74, 6) is 1.15. The summed E-state index contributed by atoms with van der Waals surface area (Å²) in [5.41, 5.74) is 2.52. The third-order valence-corrected chi connectivity index (χ3v) is 3.88. The molecule has 0 spiro atoms. The van der Waals surface area contributed by atoms with Gasteiger partial charge in [-0.1, -0.05) is 18.2 Å². The highest BCUT2D eigenvalue weighted by Crippen LogP contribution is 2.32. The van der Waals surface area contributed by atoms with Crippen LogP contribution in [0.4, 0.5) is 0 Å². The molecule has 1 aromatic heterocycles. The summed E-state index contributed by atoms with van der Waals surface area (Å²) in [6.45, 7) is 0.741. The minimum absolute atomic E-state index is 0.129. The normalized spacial score (nSPS) is 12.5. The fraction of sp³-hybridized carbons (Fsp3) is 0.167. The predicted octanol–water partition coefficient (Wildman–Crippen LogP) is 3.13. The third-order valence-electron chi connectivity index (χ3n) is 3.88. The van der Waals surface area contributed by atoms with E-state index < -0.39 is 0 Å². The minimum Gasteiger partial charge on any atom is -0.464 e. The molecule has 0 aliphatic carbocycles. The SMILES string of the molecule is O=C(NCCc1coc2ccccc12)c1ccc2c(c1)OCO2. The Bertz CT molecular complexity index is 868. The number of benzene rings is 2. The van der Waals surface area contributed by atoms with E-state index in [2.05, 4.69) is 5.32 Å². The van der Waals surface area contributed by atoms with Gasteiger partial charge in [0.05, 0.1) is 6.26 Å². The van der Waals surface area contributed by atoms with Gasteiger partial charge in [0.2, 0.25) is 6.79 Å². The molecule has 1 aliphatic rings. The first-order valence-corrected chi connectivity index (χ1v) is 7.44. The predicted molar refractivity (Wildman–Crippen MR) is 84.8 cm³/mol. The van der Waals surface area contributed by atoms with Gasteiger partial charge in [0.25, 0.3) is 5.91 Å². The van der Waals surface area contributed by atoms with Crippen LogP contribution < -0.4 is 14.8 Å². The highest BCUT2D eigenvalue weighted by atomic mass is 16.7. The van der Waals surface area contributed by atoms with E-state index >= 15 is 0 Å². The molecule has 116 valence electrons. The molecule has 0 bridgehead atoms. The molecule has 3 aromatic rings. The molecule has 0 fully saturated rings. The summed E-state index contributed by atoms with van der Waals surface area (Å²) in [6.07, 6.45) is 2.46. The van der Waals surface area contributed by atoms with E-state index in [0.717, 1.165) is 16.5 Å². The maximum absolute atomic E-state index is 12.2. The van der Waals surface area contributed by atoms with Crippen molar-refractivity contribution in [2.24, 2.45) is 0 Å². The van der Waals surface area contributed by atoms with Crippen molar-refractivity contribution in [3.63, 3.8) is 0 Å². The Balaban J connectivity index is 1.40. The van der Waals surface area contributed by atoms with Crippen LogP contribution in [0.2, 0.25) is 0 Å². The molecule has 23 heavy (non-hydrogen) atoms. The third kappa shape index (κ3) is 2.61. The maximum atomic E-state index is 12.2. The first-order chi connectivity index (χ1) is 11.3. The van der Waals surface area contributed by atoms with E-state index in [1.54, 1.807) is 24.5 Å². The minimum atomic E-state index is -0.129. The van der Waals surface area contributed by atoms with Gasteiger partial charge in [-0.25, -0.2) is 0 Å². The van der Waals surface area contributed by atoms with Crippen molar-refractivity contribution < 1.29 is 18.7 Å². The van der Waals surface area contributed by atoms with Crippen molar-refractivity contribution in [1.29, 1.82) is 0 Å². The number of furan rings is 1. The summed E-state index contributed by atoms with van der Waals surface area (Å²) in [4.78, 5) is 12.2. The van der Waals surface area contributed by atoms with Gasteiger partial charge in [0.15, 0.2) is 11.5 Å². The van der Waals surface area contributed by atoms with Gasteiger partial charge in [-0.3, -0.25) is 4.79 Å². The first kappa shape index (κ1) is 13.7. The van der Waals surface area contributed by atoms with E-state index in [1.165, 1.54) is 0 Å². The lowest BCUT2D eigenvalue weighted by atomic mass is 10.1. The summed E-state index contributed by atoms with van der Waals surface area (Å²) >= 11 is 0. The molecule has 0 saturated carbocycles. The molecule has 2 heterocycles. The molecule has 1 N–H and O–H groups in total. The van der Waals surface area contributed by atoms with Crippen LogP contribution in [0.15, 0.2) is 53.1 Å². The number of nitrogens with one attached hydrogen (secondary N) is 1. The van der Waals surface area contributed by atoms with Gasteiger partial charge in [-0.15, -0.1) is 0 Å². The Hall–Kier alpha value is -2.95. The molecule has 1 aliphatic heterocycles. The smallest absolute Gasteiger partial charge is 0.251 e.